The molecular weight excluding hydrogens is 400 g/mol. The van der Waals surface area contributed by atoms with Gasteiger partial charge in [-0.2, -0.15) is 5.10 Å². The lowest BCUT2D eigenvalue weighted by atomic mass is 9.90. The second kappa shape index (κ2) is 9.54. The van der Waals surface area contributed by atoms with Crippen LogP contribution in [0.1, 0.15) is 18.1 Å². The highest BCUT2D eigenvalue weighted by atomic mass is 33.1. The van der Waals surface area contributed by atoms with Crippen molar-refractivity contribution in [3.05, 3.63) is 83.9 Å². The fourth-order valence-corrected chi connectivity index (χ4v) is 5.47. The summed E-state index contributed by atoms with van der Waals surface area (Å²) in [7, 11) is 3.05. The lowest BCUT2D eigenvalue weighted by Crippen LogP contribution is -2.41. The molecule has 3 aromatic rings. The monoisotopic (exact) mass is 421 g/mol. The molecule has 0 amide bonds. The van der Waals surface area contributed by atoms with E-state index >= 15 is 0 Å². The molecule has 28 heavy (non-hydrogen) atoms. The minimum atomic E-state index is -1.65. The average molecular weight is 422 g/mol. The lowest BCUT2D eigenvalue weighted by molar-refractivity contribution is 0.0135. The van der Waals surface area contributed by atoms with Crippen molar-refractivity contribution in [1.29, 1.82) is 0 Å². The van der Waals surface area contributed by atoms with Crippen LogP contribution in [0.15, 0.2) is 61.2 Å². The molecule has 0 aliphatic rings. The SMILES string of the molecule is C[C@@H](SSCCc1ccccc1)[C@](O)(Cn1cncn1)c1cc(F)ccc1F. The molecule has 1 heterocycles. The van der Waals surface area contributed by atoms with Crippen LogP contribution in [0.3, 0.4) is 0 Å². The normalized spacial score (nSPS) is 14.6. The smallest absolute Gasteiger partial charge is 0.137 e. The molecule has 0 fully saturated rings. The Morgan fingerprint density at radius 3 is 2.68 bits per heavy atom. The average Bonchev–Trinajstić information content (AvgIpc) is 3.20. The highest BCUT2D eigenvalue weighted by Crippen LogP contribution is 2.41. The van der Waals surface area contributed by atoms with Crippen LogP contribution in [-0.4, -0.2) is 30.9 Å². The van der Waals surface area contributed by atoms with Crippen LogP contribution in [0.25, 0.3) is 0 Å². The van der Waals surface area contributed by atoms with Gasteiger partial charge in [-0.3, -0.25) is 0 Å². The van der Waals surface area contributed by atoms with Gasteiger partial charge < -0.3 is 5.11 Å². The number of halogens is 2. The molecule has 0 saturated carbocycles. The van der Waals surface area contributed by atoms with Crippen LogP contribution in [0.2, 0.25) is 0 Å². The van der Waals surface area contributed by atoms with Crippen molar-refractivity contribution in [2.45, 2.75) is 30.7 Å². The van der Waals surface area contributed by atoms with Crippen LogP contribution in [-0.2, 0) is 18.6 Å². The topological polar surface area (TPSA) is 50.9 Å². The Hall–Kier alpha value is -1.90. The number of rotatable bonds is 9. The number of aryl methyl sites for hydroxylation is 1. The third kappa shape index (κ3) is 5.12. The Labute approximate surface area is 170 Å². The van der Waals surface area contributed by atoms with Gasteiger partial charge in [0.05, 0.1) is 6.54 Å². The predicted molar refractivity (Wildman–Crippen MR) is 110 cm³/mol. The summed E-state index contributed by atoms with van der Waals surface area (Å²) in [5.74, 6) is -0.405. The molecule has 0 aliphatic carbocycles. The van der Waals surface area contributed by atoms with Crippen molar-refractivity contribution < 1.29 is 13.9 Å². The van der Waals surface area contributed by atoms with Crippen molar-refractivity contribution in [1.82, 2.24) is 14.8 Å². The van der Waals surface area contributed by atoms with Gasteiger partial charge in [0.1, 0.15) is 29.9 Å². The van der Waals surface area contributed by atoms with Gasteiger partial charge in [0, 0.05) is 16.6 Å². The molecule has 1 aromatic heterocycles. The van der Waals surface area contributed by atoms with Crippen LogP contribution >= 0.6 is 21.6 Å². The van der Waals surface area contributed by atoms with Crippen molar-refractivity contribution in [2.24, 2.45) is 0 Å². The lowest BCUT2D eigenvalue weighted by Gasteiger charge is -2.34. The minimum Gasteiger partial charge on any atom is -0.382 e. The number of benzene rings is 2. The zero-order valence-corrected chi connectivity index (χ0v) is 17.0. The Balaban J connectivity index is 1.73. The zero-order valence-electron chi connectivity index (χ0n) is 15.3. The summed E-state index contributed by atoms with van der Waals surface area (Å²) in [6.07, 6.45) is 3.68. The first-order chi connectivity index (χ1) is 13.5. The first kappa shape index (κ1) is 20.8. The van der Waals surface area contributed by atoms with Crippen LogP contribution in [0, 0.1) is 11.6 Å². The Morgan fingerprint density at radius 2 is 1.96 bits per heavy atom. The molecule has 2 aromatic carbocycles. The summed E-state index contributed by atoms with van der Waals surface area (Å²) in [5.41, 5.74) is -0.492. The van der Waals surface area contributed by atoms with E-state index in [2.05, 4.69) is 22.2 Å². The second-order valence-corrected chi connectivity index (χ2v) is 9.27. The number of aromatic nitrogens is 3. The van der Waals surface area contributed by atoms with Gasteiger partial charge in [-0.15, -0.1) is 0 Å². The van der Waals surface area contributed by atoms with Gasteiger partial charge in [-0.05, 0) is 37.1 Å². The molecule has 8 heteroatoms. The van der Waals surface area contributed by atoms with Crippen LogP contribution < -0.4 is 0 Å². The van der Waals surface area contributed by atoms with Gasteiger partial charge in [0.2, 0.25) is 0 Å². The summed E-state index contributed by atoms with van der Waals surface area (Å²) in [6, 6.07) is 13.2. The van der Waals surface area contributed by atoms with E-state index in [1.54, 1.807) is 10.8 Å². The quantitative estimate of drug-likeness (QED) is 0.408. The van der Waals surface area contributed by atoms with Crippen LogP contribution in [0.5, 0.6) is 0 Å². The van der Waals surface area contributed by atoms with E-state index in [1.807, 2.05) is 25.1 Å². The largest absolute Gasteiger partial charge is 0.382 e. The second-order valence-electron chi connectivity index (χ2n) is 6.44. The Morgan fingerprint density at radius 1 is 1.18 bits per heavy atom. The van der Waals surface area contributed by atoms with E-state index in [9.17, 15) is 13.9 Å². The Kier molecular flexibility index (Phi) is 7.09. The molecule has 148 valence electrons. The Bertz CT molecular complexity index is 880. The molecule has 0 saturated heterocycles. The molecule has 0 radical (unpaired) electrons. The number of nitrogens with zero attached hydrogens (tertiary/aromatic N) is 3. The summed E-state index contributed by atoms with van der Waals surface area (Å²) in [6.45, 7) is 1.78. The highest BCUT2D eigenvalue weighted by molar-refractivity contribution is 8.76. The molecule has 4 nitrogen and oxygen atoms in total. The molecular formula is C20H21F2N3OS2. The fraction of sp³-hybridized carbons (Fsp3) is 0.300. The van der Waals surface area contributed by atoms with Gasteiger partial charge >= 0.3 is 0 Å². The number of hydrogen-bond donors (Lipinski definition) is 1. The van der Waals surface area contributed by atoms with E-state index in [4.69, 9.17) is 0 Å². The number of aliphatic hydroxyl groups is 1. The van der Waals surface area contributed by atoms with Crippen molar-refractivity contribution in [3.8, 4) is 0 Å². The van der Waals surface area contributed by atoms with E-state index in [0.717, 1.165) is 30.4 Å². The maximum atomic E-state index is 14.5. The van der Waals surface area contributed by atoms with E-state index < -0.39 is 22.5 Å². The molecule has 0 unspecified atom stereocenters. The van der Waals surface area contributed by atoms with Crippen molar-refractivity contribution in [2.75, 3.05) is 5.75 Å². The maximum Gasteiger partial charge on any atom is 0.137 e. The molecule has 3 rings (SSSR count). The zero-order chi connectivity index (χ0) is 20.0. The summed E-state index contributed by atoms with van der Waals surface area (Å²) < 4.78 is 29.7. The maximum absolute atomic E-state index is 14.5. The summed E-state index contributed by atoms with van der Waals surface area (Å²) >= 11 is 0. The first-order valence-electron chi connectivity index (χ1n) is 8.81. The minimum absolute atomic E-state index is 0.0270. The molecule has 0 spiro atoms. The molecule has 0 bridgehead atoms. The van der Waals surface area contributed by atoms with Crippen LogP contribution in [0.4, 0.5) is 8.78 Å². The third-order valence-corrected chi connectivity index (χ3v) is 7.43. The molecule has 1 N–H and O–H groups in total. The van der Waals surface area contributed by atoms with Gasteiger partial charge in [0.25, 0.3) is 0 Å². The first-order valence-corrected chi connectivity index (χ1v) is 11.2. The van der Waals surface area contributed by atoms with E-state index in [0.29, 0.717) is 0 Å². The van der Waals surface area contributed by atoms with Gasteiger partial charge in [0.15, 0.2) is 0 Å². The standard InChI is InChI=1S/C20H21F2N3OS2/c1-15(28-27-10-9-16-5-3-2-4-6-16)20(26,12-25-14-23-13-24-25)18-11-17(21)7-8-19(18)22/h2-8,11,13-15,26H,9-10,12H2,1H3/t15-,20-/m1/s1. The van der Waals surface area contributed by atoms with E-state index in [1.165, 1.54) is 33.7 Å². The van der Waals surface area contributed by atoms with Gasteiger partial charge in [-0.25, -0.2) is 18.4 Å². The summed E-state index contributed by atoms with van der Waals surface area (Å²) in [5, 5.41) is 15.0. The van der Waals surface area contributed by atoms with E-state index in [-0.39, 0.29) is 12.1 Å². The molecule has 0 aliphatic heterocycles. The number of hydrogen-bond acceptors (Lipinski definition) is 5. The fourth-order valence-electron chi connectivity index (χ4n) is 2.86. The molecule has 2 atom stereocenters. The van der Waals surface area contributed by atoms with Crippen molar-refractivity contribution >= 4 is 21.6 Å². The third-order valence-electron chi connectivity index (χ3n) is 4.47. The predicted octanol–water partition coefficient (Wildman–Crippen LogP) is 4.46. The highest BCUT2D eigenvalue weighted by Gasteiger charge is 2.40. The van der Waals surface area contributed by atoms with Crippen molar-refractivity contribution in [3.63, 3.8) is 0 Å². The van der Waals surface area contributed by atoms with Gasteiger partial charge in [-0.1, -0.05) is 51.9 Å². The summed E-state index contributed by atoms with van der Waals surface area (Å²) in [4.78, 5) is 3.87.